The Morgan fingerprint density at radius 3 is 1.56 bits per heavy atom. The molecule has 2 unspecified atom stereocenters. The molecule has 70 heavy (non-hydrogen) atoms. The number of benzene rings is 10. The molecule has 2 aliphatic heterocycles. The van der Waals surface area contributed by atoms with Crippen LogP contribution in [0.25, 0.3) is 44.2 Å². The first-order valence-electron chi connectivity index (χ1n) is 24.3. The van der Waals surface area contributed by atoms with Crippen molar-refractivity contribution in [2.75, 3.05) is 9.80 Å². The maximum absolute atomic E-state index is 6.31. The van der Waals surface area contributed by atoms with Gasteiger partial charge in [0.25, 0.3) is 0 Å². The van der Waals surface area contributed by atoms with Crippen LogP contribution in [0.3, 0.4) is 0 Å². The molecule has 0 fully saturated rings. The molecule has 4 heteroatoms. The highest BCUT2D eigenvalue weighted by Crippen LogP contribution is 2.59. The highest BCUT2D eigenvalue weighted by Gasteiger charge is 2.47. The van der Waals surface area contributed by atoms with E-state index in [0.29, 0.717) is 0 Å². The number of nitrogens with zero attached hydrogens (tertiary/aromatic N) is 2. The van der Waals surface area contributed by atoms with Crippen molar-refractivity contribution in [3.05, 3.63) is 284 Å². The van der Waals surface area contributed by atoms with Crippen molar-refractivity contribution in [2.24, 2.45) is 0 Å². The van der Waals surface area contributed by atoms with E-state index in [9.17, 15) is 0 Å². The summed E-state index contributed by atoms with van der Waals surface area (Å²) in [5.74, 6) is 0.276. The van der Waals surface area contributed by atoms with E-state index in [1.807, 2.05) is 12.1 Å². The molecule has 0 spiro atoms. The van der Waals surface area contributed by atoms with Crippen molar-refractivity contribution in [3.63, 3.8) is 0 Å². The summed E-state index contributed by atoms with van der Waals surface area (Å²) in [6.45, 7) is 0. The van der Waals surface area contributed by atoms with Gasteiger partial charge in [-0.2, -0.15) is 0 Å². The molecule has 10 aromatic carbocycles. The molecule has 1 aliphatic carbocycles. The summed E-state index contributed by atoms with van der Waals surface area (Å²) in [6, 6.07) is 94.1. The number of anilines is 5. The number of allylic oxidation sites excluding steroid dienone is 2. The first kappa shape index (κ1) is 40.4. The first-order valence-corrected chi connectivity index (χ1v) is 26.3. The molecule has 0 amide bonds. The van der Waals surface area contributed by atoms with Crippen molar-refractivity contribution in [3.8, 4) is 11.1 Å². The van der Waals surface area contributed by atoms with Gasteiger partial charge in [0, 0.05) is 50.7 Å². The number of hydrogen-bond donors (Lipinski definition) is 0. The first-order chi connectivity index (χ1) is 34.7. The molecule has 0 saturated carbocycles. The maximum atomic E-state index is 6.31. The lowest BCUT2D eigenvalue weighted by molar-refractivity contribution is 0.669. The van der Waals surface area contributed by atoms with Crippen LogP contribution < -0.4 is 30.5 Å². The standard InChI is InChI=1S/C66H46N2OSi/c1-4-16-52(17-5-1)70(53-18-6-2-7-19-53,54-20-8-3-9-21-54)55-39-37-51(38-40-55)67(49-33-28-45(29-34-49)47-32-41-59-58-24-12-15-27-64(58)69-65(59)44-47)50-35-30-46(31-36-50)48-42-60-56-22-10-13-25-62(56)68-63-26-14-11-23-57(63)61(43-48)66(60)68/h1-44,60,66H. The molecular formula is C66H46N2OSi. The van der Waals surface area contributed by atoms with Crippen LogP contribution in [-0.4, -0.2) is 14.1 Å². The second kappa shape index (κ2) is 16.2. The van der Waals surface area contributed by atoms with Crippen LogP contribution in [0, 0.1) is 0 Å². The third kappa shape index (κ3) is 6.27. The highest BCUT2D eigenvalue weighted by atomic mass is 28.3. The molecule has 0 N–H and O–H groups in total. The monoisotopic (exact) mass is 910 g/mol. The normalized spacial score (nSPS) is 15.6. The minimum absolute atomic E-state index is 0.276. The number of hydrogen-bond acceptors (Lipinski definition) is 3. The lowest BCUT2D eigenvalue weighted by atomic mass is 9.81. The minimum atomic E-state index is -2.72. The van der Waals surface area contributed by atoms with Gasteiger partial charge < -0.3 is 14.2 Å². The Morgan fingerprint density at radius 1 is 0.400 bits per heavy atom. The van der Waals surface area contributed by atoms with Gasteiger partial charge in [0.05, 0.1) is 6.04 Å². The van der Waals surface area contributed by atoms with E-state index in [-0.39, 0.29) is 12.0 Å². The summed E-state index contributed by atoms with van der Waals surface area (Å²) < 4.78 is 6.31. The summed E-state index contributed by atoms with van der Waals surface area (Å²) in [4.78, 5) is 4.97. The van der Waals surface area contributed by atoms with Gasteiger partial charge in [-0.05, 0) is 127 Å². The Balaban J connectivity index is 0.881. The van der Waals surface area contributed by atoms with E-state index in [1.165, 1.54) is 60.0 Å². The minimum Gasteiger partial charge on any atom is -0.456 e. The van der Waals surface area contributed by atoms with Crippen LogP contribution >= 0.6 is 0 Å². The van der Waals surface area contributed by atoms with E-state index in [1.54, 1.807) is 0 Å². The molecular weight excluding hydrogens is 865 g/mol. The van der Waals surface area contributed by atoms with Crippen molar-refractivity contribution in [1.82, 2.24) is 0 Å². The molecule has 0 bridgehead atoms. The zero-order valence-electron chi connectivity index (χ0n) is 38.4. The zero-order valence-corrected chi connectivity index (χ0v) is 39.4. The maximum Gasteiger partial charge on any atom is 0.179 e. The van der Waals surface area contributed by atoms with Gasteiger partial charge in [-0.15, -0.1) is 0 Å². The van der Waals surface area contributed by atoms with E-state index >= 15 is 0 Å². The van der Waals surface area contributed by atoms with E-state index in [2.05, 4.69) is 265 Å². The lowest BCUT2D eigenvalue weighted by Crippen LogP contribution is -2.74. The zero-order chi connectivity index (χ0) is 46.2. The molecule has 2 atom stereocenters. The predicted molar refractivity (Wildman–Crippen MR) is 295 cm³/mol. The topological polar surface area (TPSA) is 19.6 Å². The molecule has 3 aliphatic rings. The third-order valence-corrected chi connectivity index (χ3v) is 19.9. The Morgan fingerprint density at radius 2 is 0.900 bits per heavy atom. The second-order valence-corrected chi connectivity index (χ2v) is 22.6. The van der Waals surface area contributed by atoms with Crippen LogP contribution in [0.15, 0.2) is 271 Å². The van der Waals surface area contributed by atoms with Crippen LogP contribution in [0.2, 0.25) is 0 Å². The van der Waals surface area contributed by atoms with Crippen molar-refractivity contribution in [1.29, 1.82) is 0 Å². The van der Waals surface area contributed by atoms with Gasteiger partial charge in [0.2, 0.25) is 0 Å². The van der Waals surface area contributed by atoms with Crippen LogP contribution in [0.5, 0.6) is 0 Å². The Kier molecular flexibility index (Phi) is 9.36. The van der Waals surface area contributed by atoms with Crippen molar-refractivity contribution >= 4 is 90.3 Å². The SMILES string of the molecule is C1=C(c2ccc(N(c3ccc(-c4ccc5c(c4)oc4ccccc45)cc3)c3ccc([Si](c4ccccc4)(c4ccccc4)c4ccccc4)cc3)cc2)C=C2c3ccccc3N3c4ccccc4C1C23. The summed E-state index contributed by atoms with van der Waals surface area (Å²) in [5, 5.41) is 7.69. The van der Waals surface area contributed by atoms with Gasteiger partial charge >= 0.3 is 0 Å². The fraction of sp³-hybridized carbons (Fsp3) is 0.0303. The molecule has 330 valence electrons. The summed E-state index contributed by atoms with van der Waals surface area (Å²) >= 11 is 0. The number of furan rings is 1. The fourth-order valence-corrected chi connectivity index (χ4v) is 16.7. The molecule has 1 aromatic heterocycles. The average Bonchev–Trinajstić information content (AvgIpc) is 4.10. The van der Waals surface area contributed by atoms with Crippen molar-refractivity contribution < 1.29 is 4.42 Å². The summed E-state index contributed by atoms with van der Waals surface area (Å²) in [7, 11) is -2.72. The number of rotatable bonds is 9. The summed E-state index contributed by atoms with van der Waals surface area (Å²) in [6.07, 6.45) is 4.95. The molecule has 0 saturated heterocycles. The van der Waals surface area contributed by atoms with Crippen LogP contribution in [0.4, 0.5) is 28.4 Å². The largest absolute Gasteiger partial charge is 0.456 e. The Hall–Kier alpha value is -8.70. The molecule has 0 radical (unpaired) electrons. The van der Waals surface area contributed by atoms with Crippen LogP contribution in [-0.2, 0) is 0 Å². The summed E-state index contributed by atoms with van der Waals surface area (Å²) in [5.41, 5.74) is 16.6. The molecule has 14 rings (SSSR count). The van der Waals surface area contributed by atoms with Gasteiger partial charge in [0.15, 0.2) is 8.07 Å². The third-order valence-electron chi connectivity index (χ3n) is 15.1. The highest BCUT2D eigenvalue weighted by molar-refractivity contribution is 7.19. The van der Waals surface area contributed by atoms with Crippen LogP contribution in [0.1, 0.15) is 22.6 Å². The quantitative estimate of drug-likeness (QED) is 0.106. The second-order valence-electron chi connectivity index (χ2n) is 18.8. The average molecular weight is 911 g/mol. The van der Waals surface area contributed by atoms with Gasteiger partial charge in [-0.1, -0.05) is 194 Å². The van der Waals surface area contributed by atoms with Gasteiger partial charge in [-0.25, -0.2) is 0 Å². The Labute approximate surface area is 409 Å². The fourth-order valence-electron chi connectivity index (χ4n) is 12.0. The molecule has 3 nitrogen and oxygen atoms in total. The number of para-hydroxylation sites is 3. The van der Waals surface area contributed by atoms with Crippen molar-refractivity contribution in [2.45, 2.75) is 12.0 Å². The smallest absolute Gasteiger partial charge is 0.179 e. The molecule has 11 aromatic rings. The van der Waals surface area contributed by atoms with E-state index < -0.39 is 8.07 Å². The lowest BCUT2D eigenvalue weighted by Gasteiger charge is -2.35. The van der Waals surface area contributed by atoms with Gasteiger partial charge in [0.1, 0.15) is 11.2 Å². The Bertz CT molecular complexity index is 3720. The van der Waals surface area contributed by atoms with E-state index in [4.69, 9.17) is 4.42 Å². The molecule has 3 heterocycles. The van der Waals surface area contributed by atoms with E-state index in [0.717, 1.165) is 50.1 Å². The predicted octanol–water partition coefficient (Wildman–Crippen LogP) is 14.2. The van der Waals surface area contributed by atoms with Gasteiger partial charge in [-0.3, -0.25) is 0 Å². The number of fused-ring (bicyclic) bond motifs is 9.